The second-order valence-corrected chi connectivity index (χ2v) is 7.10. The fraction of sp³-hybridized carbons (Fsp3) is 0.235. The van der Waals surface area contributed by atoms with E-state index in [1.54, 1.807) is 12.1 Å². The molecule has 0 heterocycles. The first-order valence-corrected chi connectivity index (χ1v) is 8.97. The van der Waals surface area contributed by atoms with Gasteiger partial charge < -0.3 is 5.32 Å². The topological polar surface area (TPSA) is 75.3 Å². The van der Waals surface area contributed by atoms with Crippen molar-refractivity contribution in [1.82, 2.24) is 4.72 Å². The SMILES string of the molecule is CC(=O)Nc1ccc(S(=O)(=O)NCCCc2ccc(F)cc2)cc1. The summed E-state index contributed by atoms with van der Waals surface area (Å²) >= 11 is 0. The molecular weight excluding hydrogens is 331 g/mol. The maximum Gasteiger partial charge on any atom is 0.240 e. The van der Waals surface area contributed by atoms with E-state index in [4.69, 9.17) is 0 Å². The highest BCUT2D eigenvalue weighted by atomic mass is 32.2. The summed E-state index contributed by atoms with van der Waals surface area (Å²) in [5.74, 6) is -0.508. The van der Waals surface area contributed by atoms with Crippen LogP contribution in [-0.2, 0) is 21.2 Å². The first kappa shape index (κ1) is 18.1. The van der Waals surface area contributed by atoms with Gasteiger partial charge in [-0.2, -0.15) is 0 Å². The van der Waals surface area contributed by atoms with Crippen LogP contribution in [-0.4, -0.2) is 20.9 Å². The summed E-state index contributed by atoms with van der Waals surface area (Å²) in [5.41, 5.74) is 1.49. The van der Waals surface area contributed by atoms with E-state index in [0.717, 1.165) is 5.56 Å². The third-order valence-electron chi connectivity index (χ3n) is 3.33. The number of aryl methyl sites for hydroxylation is 1. The number of amides is 1. The number of anilines is 1. The zero-order valence-corrected chi connectivity index (χ0v) is 14.1. The second kappa shape index (κ2) is 8.03. The van der Waals surface area contributed by atoms with Crippen LogP contribution < -0.4 is 10.0 Å². The van der Waals surface area contributed by atoms with Gasteiger partial charge in [-0.3, -0.25) is 4.79 Å². The molecule has 2 rings (SSSR count). The Kier molecular flexibility index (Phi) is 6.05. The zero-order valence-electron chi connectivity index (χ0n) is 13.3. The summed E-state index contributed by atoms with van der Waals surface area (Å²) < 4.78 is 39.7. The molecule has 0 saturated heterocycles. The molecule has 0 atom stereocenters. The van der Waals surface area contributed by atoms with Crippen LogP contribution in [0.5, 0.6) is 0 Å². The van der Waals surface area contributed by atoms with Gasteiger partial charge in [-0.05, 0) is 54.8 Å². The Morgan fingerprint density at radius 2 is 1.67 bits per heavy atom. The minimum absolute atomic E-state index is 0.137. The van der Waals surface area contributed by atoms with E-state index in [9.17, 15) is 17.6 Å². The largest absolute Gasteiger partial charge is 0.326 e. The molecule has 1 amide bonds. The fourth-order valence-corrected chi connectivity index (χ4v) is 3.23. The minimum Gasteiger partial charge on any atom is -0.326 e. The molecule has 0 aliphatic heterocycles. The van der Waals surface area contributed by atoms with Crippen LogP contribution in [0.15, 0.2) is 53.4 Å². The van der Waals surface area contributed by atoms with Gasteiger partial charge in [0, 0.05) is 19.2 Å². The summed E-state index contributed by atoms with van der Waals surface area (Å²) in [4.78, 5) is 11.1. The van der Waals surface area contributed by atoms with Crippen LogP contribution in [0.2, 0.25) is 0 Å². The van der Waals surface area contributed by atoms with Crippen molar-refractivity contribution in [2.45, 2.75) is 24.7 Å². The van der Waals surface area contributed by atoms with Gasteiger partial charge in [-0.25, -0.2) is 17.5 Å². The van der Waals surface area contributed by atoms with Gasteiger partial charge in [0.25, 0.3) is 0 Å². The van der Waals surface area contributed by atoms with Crippen molar-refractivity contribution in [2.24, 2.45) is 0 Å². The highest BCUT2D eigenvalue weighted by Gasteiger charge is 2.13. The number of hydrogen-bond acceptors (Lipinski definition) is 3. The number of hydrogen-bond donors (Lipinski definition) is 2. The van der Waals surface area contributed by atoms with Crippen molar-refractivity contribution in [3.63, 3.8) is 0 Å². The van der Waals surface area contributed by atoms with Crippen molar-refractivity contribution < 1.29 is 17.6 Å². The van der Waals surface area contributed by atoms with Gasteiger partial charge in [0.1, 0.15) is 5.82 Å². The average molecular weight is 350 g/mol. The molecule has 7 heteroatoms. The second-order valence-electron chi connectivity index (χ2n) is 5.33. The Labute approximate surface area is 141 Å². The first-order valence-electron chi connectivity index (χ1n) is 7.48. The molecule has 0 fully saturated rings. The van der Waals surface area contributed by atoms with E-state index >= 15 is 0 Å². The number of halogens is 1. The number of carbonyl (C=O) groups excluding carboxylic acids is 1. The molecule has 0 aliphatic carbocycles. The van der Waals surface area contributed by atoms with Crippen LogP contribution in [0.4, 0.5) is 10.1 Å². The van der Waals surface area contributed by atoms with E-state index in [0.29, 0.717) is 18.5 Å². The molecule has 24 heavy (non-hydrogen) atoms. The van der Waals surface area contributed by atoms with E-state index in [1.165, 1.54) is 43.3 Å². The van der Waals surface area contributed by atoms with Crippen LogP contribution in [0, 0.1) is 5.82 Å². The molecular formula is C17H19FN2O3S. The van der Waals surface area contributed by atoms with Crippen molar-refractivity contribution in [2.75, 3.05) is 11.9 Å². The predicted molar refractivity (Wildman–Crippen MR) is 90.7 cm³/mol. The molecule has 0 aliphatic rings. The number of rotatable bonds is 7. The van der Waals surface area contributed by atoms with E-state index in [-0.39, 0.29) is 23.2 Å². The number of nitrogens with one attached hydrogen (secondary N) is 2. The van der Waals surface area contributed by atoms with Crippen LogP contribution in [0.25, 0.3) is 0 Å². The zero-order chi connectivity index (χ0) is 17.6. The molecule has 0 unspecified atom stereocenters. The summed E-state index contributed by atoms with van der Waals surface area (Å²) in [6.07, 6.45) is 1.26. The summed E-state index contributed by atoms with van der Waals surface area (Å²) in [7, 11) is -3.59. The Bertz CT molecular complexity index is 788. The fourth-order valence-electron chi connectivity index (χ4n) is 2.15. The van der Waals surface area contributed by atoms with Gasteiger partial charge in [0.2, 0.25) is 15.9 Å². The van der Waals surface area contributed by atoms with Crippen molar-refractivity contribution in [3.8, 4) is 0 Å². The average Bonchev–Trinajstić information content (AvgIpc) is 2.53. The van der Waals surface area contributed by atoms with Gasteiger partial charge in [-0.1, -0.05) is 12.1 Å². The Hall–Kier alpha value is -2.25. The van der Waals surface area contributed by atoms with Gasteiger partial charge in [0.05, 0.1) is 4.90 Å². The lowest BCUT2D eigenvalue weighted by Crippen LogP contribution is -2.25. The molecule has 2 N–H and O–H groups in total. The predicted octanol–water partition coefficient (Wildman–Crippen LogP) is 2.70. The normalized spacial score (nSPS) is 11.2. The molecule has 0 aromatic heterocycles. The number of benzene rings is 2. The van der Waals surface area contributed by atoms with Crippen molar-refractivity contribution in [3.05, 3.63) is 59.9 Å². The molecule has 128 valence electrons. The Morgan fingerprint density at radius 1 is 1.04 bits per heavy atom. The van der Waals surface area contributed by atoms with Crippen molar-refractivity contribution in [1.29, 1.82) is 0 Å². The number of sulfonamides is 1. The van der Waals surface area contributed by atoms with Crippen molar-refractivity contribution >= 4 is 21.6 Å². The maximum atomic E-state index is 12.8. The lowest BCUT2D eigenvalue weighted by atomic mass is 10.1. The van der Waals surface area contributed by atoms with Gasteiger partial charge in [0.15, 0.2) is 0 Å². The summed E-state index contributed by atoms with van der Waals surface area (Å²) in [5, 5.41) is 2.58. The highest BCUT2D eigenvalue weighted by Crippen LogP contribution is 2.14. The molecule has 0 radical (unpaired) electrons. The van der Waals surface area contributed by atoms with Crippen LogP contribution >= 0.6 is 0 Å². The number of carbonyl (C=O) groups is 1. The van der Waals surface area contributed by atoms with Crippen LogP contribution in [0.3, 0.4) is 0 Å². The highest BCUT2D eigenvalue weighted by molar-refractivity contribution is 7.89. The van der Waals surface area contributed by atoms with E-state index in [2.05, 4.69) is 10.0 Å². The maximum absolute atomic E-state index is 12.8. The summed E-state index contributed by atoms with van der Waals surface area (Å²) in [6.45, 7) is 1.67. The molecule has 0 bridgehead atoms. The van der Waals surface area contributed by atoms with Gasteiger partial charge in [-0.15, -0.1) is 0 Å². The quantitative estimate of drug-likeness (QED) is 0.754. The van der Waals surface area contributed by atoms with Crippen LogP contribution in [0.1, 0.15) is 18.9 Å². The standard InChI is InChI=1S/C17H19FN2O3S/c1-13(21)20-16-8-10-17(11-9-16)24(22,23)19-12-2-3-14-4-6-15(18)7-5-14/h4-11,19H,2-3,12H2,1H3,(H,20,21). The monoisotopic (exact) mass is 350 g/mol. The molecule has 0 saturated carbocycles. The third kappa shape index (κ3) is 5.43. The van der Waals surface area contributed by atoms with E-state index < -0.39 is 10.0 Å². The Morgan fingerprint density at radius 3 is 2.25 bits per heavy atom. The molecule has 2 aromatic rings. The minimum atomic E-state index is -3.59. The van der Waals surface area contributed by atoms with E-state index in [1.807, 2.05) is 0 Å². The molecule has 2 aromatic carbocycles. The smallest absolute Gasteiger partial charge is 0.240 e. The van der Waals surface area contributed by atoms with Gasteiger partial charge >= 0.3 is 0 Å². The lowest BCUT2D eigenvalue weighted by molar-refractivity contribution is -0.114. The molecule has 0 spiro atoms. The molecule has 5 nitrogen and oxygen atoms in total. The first-order chi connectivity index (χ1) is 11.4. The third-order valence-corrected chi connectivity index (χ3v) is 4.81. The Balaban J connectivity index is 1.86. The lowest BCUT2D eigenvalue weighted by Gasteiger charge is -2.08. The summed E-state index contributed by atoms with van der Waals surface area (Å²) in [6, 6.07) is 12.1.